The Hall–Kier alpha value is -1.58. The van der Waals surface area contributed by atoms with E-state index in [-0.39, 0.29) is 11.7 Å². The van der Waals surface area contributed by atoms with Gasteiger partial charge in [0.05, 0.1) is 11.4 Å². The summed E-state index contributed by atoms with van der Waals surface area (Å²) in [4.78, 5) is 14.5. The highest BCUT2D eigenvalue weighted by Gasteiger charge is 2.49. The van der Waals surface area contributed by atoms with Crippen molar-refractivity contribution in [2.75, 3.05) is 16.8 Å². The third kappa shape index (κ3) is 1.44. The van der Waals surface area contributed by atoms with Gasteiger partial charge in [-0.25, -0.2) is 4.39 Å². The maximum absolute atomic E-state index is 13.4. The van der Waals surface area contributed by atoms with Crippen LogP contribution in [-0.4, -0.2) is 18.0 Å². The fourth-order valence-corrected chi connectivity index (χ4v) is 3.36. The number of nitrogens with one attached hydrogen (secondary N) is 1. The summed E-state index contributed by atoms with van der Waals surface area (Å²) < 4.78 is 13.4. The number of likely N-dealkylation sites (N-methyl/N-ethyl adjacent to an activating group) is 1. The molecule has 0 bridgehead atoms. The van der Waals surface area contributed by atoms with Gasteiger partial charge in [-0.1, -0.05) is 12.8 Å². The van der Waals surface area contributed by atoms with Crippen LogP contribution in [-0.2, 0) is 4.79 Å². The highest BCUT2D eigenvalue weighted by Crippen LogP contribution is 2.45. The fourth-order valence-electron chi connectivity index (χ4n) is 3.36. The molecule has 1 aliphatic carbocycles. The highest BCUT2D eigenvalue weighted by atomic mass is 19.1. The minimum absolute atomic E-state index is 0.0703. The number of nitrogens with zero attached hydrogens (tertiary/aromatic N) is 1. The zero-order valence-corrected chi connectivity index (χ0v) is 10.5. The van der Waals surface area contributed by atoms with Gasteiger partial charge in [0.25, 0.3) is 0 Å². The van der Waals surface area contributed by atoms with Crippen LogP contribution < -0.4 is 10.2 Å². The third-order valence-electron chi connectivity index (χ3n) is 4.19. The Bertz CT molecular complexity index is 495. The normalized spacial score (nSPS) is 21.0. The Labute approximate surface area is 106 Å². The predicted molar refractivity (Wildman–Crippen MR) is 69.2 cm³/mol. The Morgan fingerprint density at radius 2 is 2.11 bits per heavy atom. The molecule has 1 aliphatic heterocycles. The molecule has 96 valence electrons. The van der Waals surface area contributed by atoms with Gasteiger partial charge in [-0.2, -0.15) is 0 Å². The van der Waals surface area contributed by atoms with Crippen molar-refractivity contribution in [1.82, 2.24) is 0 Å². The molecule has 1 spiro atoms. The standard InChI is InChI=1S/C14H17FN2O/c1-2-17-12-9-10(15)5-6-11(12)16-13(18)14(17)7-3-4-8-14/h5-6,9H,2-4,7-8H2,1H3,(H,16,18). The number of rotatable bonds is 1. The maximum Gasteiger partial charge on any atom is 0.250 e. The molecule has 0 radical (unpaired) electrons. The van der Waals surface area contributed by atoms with Crippen LogP contribution in [0.3, 0.4) is 0 Å². The minimum atomic E-state index is -0.449. The lowest BCUT2D eigenvalue weighted by atomic mass is 9.90. The number of fused-ring (bicyclic) bond motifs is 1. The molecular weight excluding hydrogens is 231 g/mol. The van der Waals surface area contributed by atoms with Crippen LogP contribution in [0.2, 0.25) is 0 Å². The monoisotopic (exact) mass is 248 g/mol. The Morgan fingerprint density at radius 3 is 2.78 bits per heavy atom. The predicted octanol–water partition coefficient (Wildman–Crippen LogP) is 2.92. The van der Waals surface area contributed by atoms with E-state index in [1.54, 1.807) is 6.07 Å². The second kappa shape index (κ2) is 3.97. The van der Waals surface area contributed by atoms with E-state index in [0.29, 0.717) is 0 Å². The van der Waals surface area contributed by atoms with Crippen LogP contribution in [0.1, 0.15) is 32.6 Å². The number of carbonyl (C=O) groups excluding carboxylic acids is 1. The van der Waals surface area contributed by atoms with Crippen LogP contribution in [0.25, 0.3) is 0 Å². The van der Waals surface area contributed by atoms with Gasteiger partial charge in [0.15, 0.2) is 0 Å². The van der Waals surface area contributed by atoms with Gasteiger partial charge in [-0.15, -0.1) is 0 Å². The van der Waals surface area contributed by atoms with Crippen molar-refractivity contribution in [3.05, 3.63) is 24.0 Å². The summed E-state index contributed by atoms with van der Waals surface area (Å²) in [5, 5.41) is 2.94. The van der Waals surface area contributed by atoms with Gasteiger partial charge in [0.1, 0.15) is 11.4 Å². The van der Waals surface area contributed by atoms with Crippen LogP contribution in [0.5, 0.6) is 0 Å². The van der Waals surface area contributed by atoms with Gasteiger partial charge in [-0.3, -0.25) is 4.79 Å². The lowest BCUT2D eigenvalue weighted by molar-refractivity contribution is -0.121. The van der Waals surface area contributed by atoms with Crippen molar-refractivity contribution in [1.29, 1.82) is 0 Å². The second-order valence-corrected chi connectivity index (χ2v) is 5.10. The Kier molecular flexibility index (Phi) is 2.54. The number of anilines is 2. The van der Waals surface area contributed by atoms with Gasteiger partial charge in [0, 0.05) is 6.54 Å². The summed E-state index contributed by atoms with van der Waals surface area (Å²) in [5.74, 6) is -0.183. The van der Waals surface area contributed by atoms with E-state index < -0.39 is 5.54 Å². The summed E-state index contributed by atoms with van der Waals surface area (Å²) in [5.41, 5.74) is 1.09. The molecule has 3 rings (SSSR count). The van der Waals surface area contributed by atoms with E-state index in [1.165, 1.54) is 12.1 Å². The van der Waals surface area contributed by atoms with Crippen molar-refractivity contribution < 1.29 is 9.18 Å². The molecule has 1 fully saturated rings. The second-order valence-electron chi connectivity index (χ2n) is 5.10. The van der Waals surface area contributed by atoms with Gasteiger partial charge in [0.2, 0.25) is 5.91 Å². The number of benzene rings is 1. The third-order valence-corrected chi connectivity index (χ3v) is 4.19. The SMILES string of the molecule is CCN1c2cc(F)ccc2NC(=O)C12CCCC2. The number of halogens is 1. The number of amides is 1. The highest BCUT2D eigenvalue weighted by molar-refractivity contribution is 6.06. The van der Waals surface area contributed by atoms with E-state index >= 15 is 0 Å². The summed E-state index contributed by atoms with van der Waals surface area (Å²) in [6.07, 6.45) is 3.86. The minimum Gasteiger partial charge on any atom is -0.356 e. The van der Waals surface area contributed by atoms with Crippen LogP contribution >= 0.6 is 0 Å². The molecule has 0 aromatic heterocycles. The summed E-state index contributed by atoms with van der Waals surface area (Å²) >= 11 is 0. The largest absolute Gasteiger partial charge is 0.356 e. The Morgan fingerprint density at radius 1 is 1.39 bits per heavy atom. The van der Waals surface area contributed by atoms with E-state index in [2.05, 4.69) is 10.2 Å². The molecule has 1 saturated carbocycles. The average molecular weight is 248 g/mol. The molecule has 2 aliphatic rings. The van der Waals surface area contributed by atoms with E-state index in [4.69, 9.17) is 0 Å². The zero-order chi connectivity index (χ0) is 12.8. The molecule has 0 unspecified atom stereocenters. The molecule has 1 N–H and O–H groups in total. The van der Waals surface area contributed by atoms with E-state index in [0.717, 1.165) is 43.6 Å². The molecule has 0 saturated heterocycles. The number of carbonyl (C=O) groups is 1. The van der Waals surface area contributed by atoms with Crippen LogP contribution in [0.15, 0.2) is 18.2 Å². The number of hydrogen-bond donors (Lipinski definition) is 1. The van der Waals surface area contributed by atoms with Crippen molar-refractivity contribution in [2.45, 2.75) is 38.1 Å². The molecule has 1 aromatic rings. The molecular formula is C14H17FN2O. The molecule has 18 heavy (non-hydrogen) atoms. The average Bonchev–Trinajstić information content (AvgIpc) is 2.82. The van der Waals surface area contributed by atoms with Crippen molar-refractivity contribution in [3.63, 3.8) is 0 Å². The number of hydrogen-bond acceptors (Lipinski definition) is 2. The lowest BCUT2D eigenvalue weighted by Crippen LogP contribution is -2.58. The molecule has 1 aromatic carbocycles. The molecule has 3 nitrogen and oxygen atoms in total. The first-order valence-electron chi connectivity index (χ1n) is 6.56. The summed E-state index contributed by atoms with van der Waals surface area (Å²) in [7, 11) is 0. The van der Waals surface area contributed by atoms with Crippen molar-refractivity contribution in [3.8, 4) is 0 Å². The first kappa shape index (κ1) is 11.5. The van der Waals surface area contributed by atoms with Gasteiger partial charge < -0.3 is 10.2 Å². The van der Waals surface area contributed by atoms with Crippen LogP contribution in [0, 0.1) is 5.82 Å². The van der Waals surface area contributed by atoms with Gasteiger partial charge >= 0.3 is 0 Å². The smallest absolute Gasteiger partial charge is 0.250 e. The summed E-state index contributed by atoms with van der Waals surface area (Å²) in [6.45, 7) is 2.75. The Balaban J connectivity index is 2.13. The van der Waals surface area contributed by atoms with Gasteiger partial charge in [-0.05, 0) is 38.0 Å². The molecule has 4 heteroatoms. The first-order chi connectivity index (χ1) is 8.67. The maximum atomic E-state index is 13.4. The van der Waals surface area contributed by atoms with E-state index in [1.807, 2.05) is 6.92 Å². The quantitative estimate of drug-likeness (QED) is 0.828. The van der Waals surface area contributed by atoms with Crippen molar-refractivity contribution in [2.24, 2.45) is 0 Å². The molecule has 0 atom stereocenters. The van der Waals surface area contributed by atoms with Crippen LogP contribution in [0.4, 0.5) is 15.8 Å². The molecule has 1 heterocycles. The zero-order valence-electron chi connectivity index (χ0n) is 10.5. The summed E-state index contributed by atoms with van der Waals surface area (Å²) in [6, 6.07) is 4.56. The van der Waals surface area contributed by atoms with E-state index in [9.17, 15) is 9.18 Å². The topological polar surface area (TPSA) is 32.3 Å². The molecule has 1 amide bonds. The lowest BCUT2D eigenvalue weighted by Gasteiger charge is -2.45. The first-order valence-corrected chi connectivity index (χ1v) is 6.56. The van der Waals surface area contributed by atoms with Crippen molar-refractivity contribution >= 4 is 17.3 Å². The fraction of sp³-hybridized carbons (Fsp3) is 0.500.